The molecule has 1 saturated heterocycles. The number of aliphatic imine (C=N–C) groups is 1. The van der Waals surface area contributed by atoms with E-state index in [0.29, 0.717) is 26.6 Å². The molecule has 126 valence electrons. The number of carbonyl (C=O) groups excluding carboxylic acids is 1. The summed E-state index contributed by atoms with van der Waals surface area (Å²) in [6, 6.07) is 11.3. The number of nitrogens with one attached hydrogen (secondary N) is 1. The molecular weight excluding hydrogens is 360 g/mol. The Labute approximate surface area is 153 Å². The molecule has 0 unspecified atom stereocenters. The largest absolute Gasteiger partial charge is 0.454 e. The van der Waals surface area contributed by atoms with Crippen LogP contribution in [0.25, 0.3) is 6.08 Å². The van der Waals surface area contributed by atoms with E-state index in [-0.39, 0.29) is 12.7 Å². The zero-order valence-corrected chi connectivity index (χ0v) is 14.8. The van der Waals surface area contributed by atoms with Crippen LogP contribution < -0.4 is 14.8 Å². The molecule has 1 fully saturated rings. The summed E-state index contributed by atoms with van der Waals surface area (Å²) in [6.45, 7) is 2.16. The second-order valence-corrected chi connectivity index (χ2v) is 6.99. The second-order valence-electron chi connectivity index (χ2n) is 5.55. The molecule has 0 spiro atoms. The van der Waals surface area contributed by atoms with Crippen LogP contribution in [0.4, 0.5) is 5.69 Å². The first-order chi connectivity index (χ1) is 12.1. The first kappa shape index (κ1) is 16.1. The van der Waals surface area contributed by atoms with E-state index in [1.54, 1.807) is 18.2 Å². The molecular formula is C18H13ClN2O3S. The average molecular weight is 373 g/mol. The minimum absolute atomic E-state index is 0.150. The third kappa shape index (κ3) is 3.36. The first-order valence-corrected chi connectivity index (χ1v) is 8.73. The summed E-state index contributed by atoms with van der Waals surface area (Å²) in [5, 5.41) is 3.78. The van der Waals surface area contributed by atoms with Gasteiger partial charge < -0.3 is 14.8 Å². The van der Waals surface area contributed by atoms with Gasteiger partial charge in [-0.25, -0.2) is 4.99 Å². The number of nitrogens with zero attached hydrogens (tertiary/aromatic N) is 1. The Balaban J connectivity index is 1.59. The maximum atomic E-state index is 12.2. The predicted molar refractivity (Wildman–Crippen MR) is 99.6 cm³/mol. The molecule has 0 saturated carbocycles. The van der Waals surface area contributed by atoms with E-state index in [2.05, 4.69) is 10.3 Å². The number of benzene rings is 2. The maximum Gasteiger partial charge on any atom is 0.264 e. The summed E-state index contributed by atoms with van der Waals surface area (Å²) < 4.78 is 10.6. The Morgan fingerprint density at radius 1 is 1.24 bits per heavy atom. The highest BCUT2D eigenvalue weighted by Gasteiger charge is 2.25. The van der Waals surface area contributed by atoms with Crippen molar-refractivity contribution in [3.8, 4) is 11.5 Å². The molecule has 2 aliphatic rings. The average Bonchev–Trinajstić information content (AvgIpc) is 3.17. The van der Waals surface area contributed by atoms with Crippen LogP contribution in [0, 0.1) is 6.92 Å². The molecule has 0 bridgehead atoms. The fourth-order valence-corrected chi connectivity index (χ4v) is 3.55. The van der Waals surface area contributed by atoms with Crippen molar-refractivity contribution in [1.82, 2.24) is 5.32 Å². The van der Waals surface area contributed by atoms with Crippen molar-refractivity contribution >= 4 is 46.2 Å². The second kappa shape index (κ2) is 6.46. The van der Waals surface area contributed by atoms with Gasteiger partial charge in [0.05, 0.1) is 15.6 Å². The number of halogens is 1. The Kier molecular flexibility index (Phi) is 4.15. The SMILES string of the molecule is Cc1ccc(N=C2NC(=O)/C(=C\c3cc(Cl)c4c(c3)OCO4)S2)cc1. The molecule has 2 aromatic carbocycles. The number of amidine groups is 1. The minimum atomic E-state index is -0.190. The number of rotatable bonds is 2. The van der Waals surface area contributed by atoms with Gasteiger partial charge in [0.2, 0.25) is 6.79 Å². The molecule has 25 heavy (non-hydrogen) atoms. The van der Waals surface area contributed by atoms with Crippen molar-refractivity contribution in [3.05, 3.63) is 57.5 Å². The van der Waals surface area contributed by atoms with E-state index in [4.69, 9.17) is 21.1 Å². The summed E-state index contributed by atoms with van der Waals surface area (Å²) in [5.41, 5.74) is 2.72. The Morgan fingerprint density at radius 2 is 2.04 bits per heavy atom. The van der Waals surface area contributed by atoms with Gasteiger partial charge in [-0.05, 0) is 54.6 Å². The molecule has 0 aliphatic carbocycles. The molecule has 1 N–H and O–H groups in total. The maximum absolute atomic E-state index is 12.2. The van der Waals surface area contributed by atoms with Gasteiger partial charge in [-0.3, -0.25) is 4.79 Å². The van der Waals surface area contributed by atoms with Gasteiger partial charge in [-0.1, -0.05) is 29.3 Å². The minimum Gasteiger partial charge on any atom is -0.454 e. The van der Waals surface area contributed by atoms with Crippen molar-refractivity contribution in [2.45, 2.75) is 6.92 Å². The normalized spacial score (nSPS) is 18.9. The number of carbonyl (C=O) groups is 1. The molecule has 0 radical (unpaired) electrons. The lowest BCUT2D eigenvalue weighted by atomic mass is 10.2. The smallest absolute Gasteiger partial charge is 0.264 e. The molecule has 2 aliphatic heterocycles. The lowest BCUT2D eigenvalue weighted by Gasteiger charge is -2.01. The van der Waals surface area contributed by atoms with Crippen LogP contribution in [-0.2, 0) is 4.79 Å². The van der Waals surface area contributed by atoms with Gasteiger partial charge in [0.25, 0.3) is 5.91 Å². The van der Waals surface area contributed by atoms with Crippen LogP contribution in [0.15, 0.2) is 46.3 Å². The zero-order chi connectivity index (χ0) is 17.4. The molecule has 1 amide bonds. The third-order valence-corrected chi connectivity index (χ3v) is 4.85. The van der Waals surface area contributed by atoms with Crippen LogP contribution in [0.5, 0.6) is 11.5 Å². The standard InChI is InChI=1S/C18H13ClN2O3S/c1-10-2-4-12(5-3-10)20-18-21-17(22)15(25-18)8-11-6-13(19)16-14(7-11)23-9-24-16/h2-8H,9H2,1H3,(H,20,21,22)/b15-8+. The number of thioether (sulfide) groups is 1. The summed E-state index contributed by atoms with van der Waals surface area (Å²) in [7, 11) is 0. The number of amides is 1. The van der Waals surface area contributed by atoms with E-state index in [9.17, 15) is 4.79 Å². The first-order valence-electron chi connectivity index (χ1n) is 7.54. The van der Waals surface area contributed by atoms with Crippen molar-refractivity contribution in [1.29, 1.82) is 0 Å². The number of ether oxygens (including phenoxy) is 2. The highest BCUT2D eigenvalue weighted by Crippen LogP contribution is 2.40. The summed E-state index contributed by atoms with van der Waals surface area (Å²) in [4.78, 5) is 17.2. The quantitative estimate of drug-likeness (QED) is 0.800. The Hall–Kier alpha value is -2.44. The molecule has 0 aromatic heterocycles. The molecule has 4 rings (SSSR count). The lowest BCUT2D eigenvalue weighted by molar-refractivity contribution is -0.115. The van der Waals surface area contributed by atoms with Crippen molar-refractivity contribution in [2.24, 2.45) is 4.99 Å². The predicted octanol–water partition coefficient (Wildman–Crippen LogP) is 4.27. The van der Waals surface area contributed by atoms with Crippen LogP contribution in [0.1, 0.15) is 11.1 Å². The third-order valence-electron chi connectivity index (χ3n) is 3.66. The van der Waals surface area contributed by atoms with Gasteiger partial charge in [-0.2, -0.15) is 0 Å². The Morgan fingerprint density at radius 3 is 2.84 bits per heavy atom. The highest BCUT2D eigenvalue weighted by atomic mass is 35.5. The van der Waals surface area contributed by atoms with Gasteiger partial charge in [0.15, 0.2) is 16.7 Å². The molecule has 0 atom stereocenters. The summed E-state index contributed by atoms with van der Waals surface area (Å²) >= 11 is 7.47. The summed E-state index contributed by atoms with van der Waals surface area (Å²) in [5.74, 6) is 0.926. The Bertz CT molecular complexity index is 923. The molecule has 2 aromatic rings. The van der Waals surface area contributed by atoms with Crippen LogP contribution >= 0.6 is 23.4 Å². The number of fused-ring (bicyclic) bond motifs is 1. The van der Waals surface area contributed by atoms with Crippen molar-refractivity contribution in [3.63, 3.8) is 0 Å². The van der Waals surface area contributed by atoms with E-state index in [0.717, 1.165) is 16.8 Å². The number of hydrogen-bond acceptors (Lipinski definition) is 5. The van der Waals surface area contributed by atoms with E-state index >= 15 is 0 Å². The van der Waals surface area contributed by atoms with Crippen LogP contribution in [0.2, 0.25) is 5.02 Å². The highest BCUT2D eigenvalue weighted by molar-refractivity contribution is 8.18. The van der Waals surface area contributed by atoms with Gasteiger partial charge in [-0.15, -0.1) is 0 Å². The zero-order valence-electron chi connectivity index (χ0n) is 13.2. The van der Waals surface area contributed by atoms with Gasteiger partial charge in [0, 0.05) is 0 Å². The fraction of sp³-hybridized carbons (Fsp3) is 0.111. The van der Waals surface area contributed by atoms with Crippen LogP contribution in [-0.4, -0.2) is 17.9 Å². The number of hydrogen-bond donors (Lipinski definition) is 1. The molecule has 5 nitrogen and oxygen atoms in total. The van der Waals surface area contributed by atoms with Gasteiger partial charge >= 0.3 is 0 Å². The molecule has 2 heterocycles. The monoisotopic (exact) mass is 372 g/mol. The topological polar surface area (TPSA) is 59.9 Å². The van der Waals surface area contributed by atoms with Crippen molar-refractivity contribution < 1.29 is 14.3 Å². The van der Waals surface area contributed by atoms with E-state index < -0.39 is 0 Å². The lowest BCUT2D eigenvalue weighted by Crippen LogP contribution is -2.19. The molecule has 7 heteroatoms. The number of aryl methyl sites for hydroxylation is 1. The fourth-order valence-electron chi connectivity index (χ4n) is 2.44. The van der Waals surface area contributed by atoms with Crippen molar-refractivity contribution in [2.75, 3.05) is 6.79 Å². The summed E-state index contributed by atoms with van der Waals surface area (Å²) in [6.07, 6.45) is 1.76. The van der Waals surface area contributed by atoms with E-state index in [1.807, 2.05) is 31.2 Å². The van der Waals surface area contributed by atoms with Gasteiger partial charge in [0.1, 0.15) is 0 Å². The van der Waals surface area contributed by atoms with E-state index in [1.165, 1.54) is 11.8 Å². The van der Waals surface area contributed by atoms with Crippen LogP contribution in [0.3, 0.4) is 0 Å².